The van der Waals surface area contributed by atoms with Crippen LogP contribution < -0.4 is 5.32 Å². The highest BCUT2D eigenvalue weighted by atomic mass is 16.6. The van der Waals surface area contributed by atoms with Gasteiger partial charge in [0.1, 0.15) is 0 Å². The van der Waals surface area contributed by atoms with Gasteiger partial charge in [0, 0.05) is 25.6 Å². The molecule has 0 aromatic heterocycles. The Labute approximate surface area is 54.0 Å². The monoisotopic (exact) mass is 129 g/mol. The van der Waals surface area contributed by atoms with E-state index in [0.717, 1.165) is 13.1 Å². The molecule has 0 aromatic rings. The third-order valence-electron chi connectivity index (χ3n) is 2.07. The first-order chi connectivity index (χ1) is 4.42. The Balaban J connectivity index is 1.93. The van der Waals surface area contributed by atoms with Crippen LogP contribution in [0.2, 0.25) is 0 Å². The number of nitrogens with one attached hydrogen (secondary N) is 1. The topological polar surface area (TPSA) is 44.8 Å². The van der Waals surface area contributed by atoms with Gasteiger partial charge in [-0.2, -0.15) is 0 Å². The fourth-order valence-electron chi connectivity index (χ4n) is 1.43. The van der Waals surface area contributed by atoms with Crippen molar-refractivity contribution < 1.29 is 9.84 Å². The van der Waals surface area contributed by atoms with Gasteiger partial charge < -0.3 is 15.2 Å². The molecule has 3 nitrogen and oxygen atoms in total. The first-order valence-corrected chi connectivity index (χ1v) is 3.39. The van der Waals surface area contributed by atoms with Crippen molar-refractivity contribution in [3.63, 3.8) is 0 Å². The van der Waals surface area contributed by atoms with E-state index < -0.39 is 0 Å². The summed E-state index contributed by atoms with van der Waals surface area (Å²) in [4.78, 5) is 0. The molecule has 0 saturated carbocycles. The SMILES string of the molecule is OCC1CNCC2OC12. The van der Waals surface area contributed by atoms with Gasteiger partial charge in [-0.25, -0.2) is 0 Å². The lowest BCUT2D eigenvalue weighted by atomic mass is 10.0. The fraction of sp³-hybridized carbons (Fsp3) is 1.00. The van der Waals surface area contributed by atoms with Gasteiger partial charge in [-0.05, 0) is 0 Å². The Bertz CT molecular complexity index is 118. The third kappa shape index (κ3) is 0.852. The lowest BCUT2D eigenvalue weighted by Crippen LogP contribution is -2.37. The maximum absolute atomic E-state index is 8.77. The number of hydrogen-bond acceptors (Lipinski definition) is 3. The number of epoxide rings is 1. The van der Waals surface area contributed by atoms with E-state index in [-0.39, 0.29) is 6.61 Å². The maximum Gasteiger partial charge on any atom is 0.0970 e. The predicted octanol–water partition coefficient (Wildman–Crippen LogP) is -1.03. The van der Waals surface area contributed by atoms with Crippen molar-refractivity contribution >= 4 is 0 Å². The lowest BCUT2D eigenvalue weighted by Gasteiger charge is -2.15. The molecule has 3 unspecified atom stereocenters. The largest absolute Gasteiger partial charge is 0.396 e. The van der Waals surface area contributed by atoms with Gasteiger partial charge in [0.05, 0.1) is 12.2 Å². The molecule has 0 bridgehead atoms. The molecule has 52 valence electrons. The summed E-state index contributed by atoms with van der Waals surface area (Å²) in [5.41, 5.74) is 0. The van der Waals surface area contributed by atoms with Crippen LogP contribution >= 0.6 is 0 Å². The molecule has 2 rings (SSSR count). The van der Waals surface area contributed by atoms with Crippen molar-refractivity contribution in [3.05, 3.63) is 0 Å². The highest BCUT2D eigenvalue weighted by Crippen LogP contribution is 2.31. The molecular weight excluding hydrogens is 118 g/mol. The first kappa shape index (κ1) is 5.65. The van der Waals surface area contributed by atoms with Gasteiger partial charge in [-0.15, -0.1) is 0 Å². The van der Waals surface area contributed by atoms with Crippen molar-refractivity contribution in [3.8, 4) is 0 Å². The predicted molar refractivity (Wildman–Crippen MR) is 32.1 cm³/mol. The molecule has 3 heteroatoms. The zero-order chi connectivity index (χ0) is 6.27. The van der Waals surface area contributed by atoms with Crippen LogP contribution in [0.1, 0.15) is 0 Å². The number of aliphatic hydroxyl groups excluding tert-OH is 1. The minimum atomic E-state index is 0.258. The summed E-state index contributed by atoms with van der Waals surface area (Å²) in [6.45, 7) is 2.15. The maximum atomic E-state index is 8.77. The number of aliphatic hydroxyl groups is 1. The highest BCUT2D eigenvalue weighted by molar-refractivity contribution is 4.96. The van der Waals surface area contributed by atoms with Crippen molar-refractivity contribution in [1.29, 1.82) is 0 Å². The second-order valence-corrected chi connectivity index (χ2v) is 2.74. The van der Waals surface area contributed by atoms with Crippen LogP contribution in [0, 0.1) is 5.92 Å². The molecule has 2 aliphatic rings. The Morgan fingerprint density at radius 2 is 2.44 bits per heavy atom. The van der Waals surface area contributed by atoms with Crippen LogP contribution in [0.15, 0.2) is 0 Å². The molecule has 2 aliphatic heterocycles. The third-order valence-corrected chi connectivity index (χ3v) is 2.07. The van der Waals surface area contributed by atoms with Gasteiger partial charge in [-0.1, -0.05) is 0 Å². The zero-order valence-electron chi connectivity index (χ0n) is 5.21. The van der Waals surface area contributed by atoms with Crippen LogP contribution in [-0.2, 0) is 4.74 Å². The van der Waals surface area contributed by atoms with Gasteiger partial charge >= 0.3 is 0 Å². The Hall–Kier alpha value is -0.120. The van der Waals surface area contributed by atoms with Crippen molar-refractivity contribution in [2.24, 2.45) is 5.92 Å². The van der Waals surface area contributed by atoms with Crippen molar-refractivity contribution in [2.75, 3.05) is 19.7 Å². The summed E-state index contributed by atoms with van der Waals surface area (Å²) < 4.78 is 5.26. The highest BCUT2D eigenvalue weighted by Gasteiger charge is 2.46. The van der Waals surface area contributed by atoms with Crippen LogP contribution in [0.25, 0.3) is 0 Å². The molecule has 2 heterocycles. The zero-order valence-corrected chi connectivity index (χ0v) is 5.21. The van der Waals surface area contributed by atoms with E-state index in [0.29, 0.717) is 18.1 Å². The molecule has 0 amide bonds. The molecule has 2 N–H and O–H groups in total. The van der Waals surface area contributed by atoms with E-state index in [1.54, 1.807) is 0 Å². The summed E-state index contributed by atoms with van der Waals surface area (Å²) in [6.07, 6.45) is 0.784. The van der Waals surface area contributed by atoms with E-state index in [2.05, 4.69) is 5.32 Å². The second-order valence-electron chi connectivity index (χ2n) is 2.74. The van der Waals surface area contributed by atoms with Crippen LogP contribution in [0.5, 0.6) is 0 Å². The van der Waals surface area contributed by atoms with Gasteiger partial charge in [0.2, 0.25) is 0 Å². The molecule has 2 saturated heterocycles. The molecule has 0 aromatic carbocycles. The van der Waals surface area contributed by atoms with Crippen molar-refractivity contribution in [2.45, 2.75) is 12.2 Å². The first-order valence-electron chi connectivity index (χ1n) is 3.39. The number of rotatable bonds is 1. The Morgan fingerprint density at radius 3 is 3.11 bits per heavy atom. The Morgan fingerprint density at radius 1 is 1.56 bits per heavy atom. The number of hydrogen-bond donors (Lipinski definition) is 2. The standard InChI is InChI=1S/C6H11NO2/c8-3-4-1-7-2-5-6(4)9-5/h4-8H,1-3H2. The number of ether oxygens (including phenoxy) is 1. The van der Waals surface area contributed by atoms with E-state index in [1.807, 2.05) is 0 Å². The van der Waals surface area contributed by atoms with E-state index >= 15 is 0 Å². The number of fused-ring (bicyclic) bond motifs is 1. The summed E-state index contributed by atoms with van der Waals surface area (Å²) in [5.74, 6) is 0.351. The smallest absolute Gasteiger partial charge is 0.0970 e. The quantitative estimate of drug-likeness (QED) is 0.445. The Kier molecular flexibility index (Phi) is 1.22. The summed E-state index contributed by atoms with van der Waals surface area (Å²) in [7, 11) is 0. The van der Waals surface area contributed by atoms with Gasteiger partial charge in [0.15, 0.2) is 0 Å². The van der Waals surface area contributed by atoms with E-state index in [4.69, 9.17) is 9.84 Å². The molecule has 9 heavy (non-hydrogen) atoms. The van der Waals surface area contributed by atoms with Crippen LogP contribution in [0.3, 0.4) is 0 Å². The fourth-order valence-corrected chi connectivity index (χ4v) is 1.43. The minimum Gasteiger partial charge on any atom is -0.396 e. The van der Waals surface area contributed by atoms with Crippen LogP contribution in [0.4, 0.5) is 0 Å². The van der Waals surface area contributed by atoms with Gasteiger partial charge in [0.25, 0.3) is 0 Å². The van der Waals surface area contributed by atoms with Crippen LogP contribution in [-0.4, -0.2) is 37.0 Å². The molecule has 0 aliphatic carbocycles. The van der Waals surface area contributed by atoms with Gasteiger partial charge in [-0.3, -0.25) is 0 Å². The lowest BCUT2D eigenvalue weighted by molar-refractivity contribution is 0.192. The molecule has 0 spiro atoms. The molecule has 0 radical (unpaired) electrons. The minimum absolute atomic E-state index is 0.258. The average molecular weight is 129 g/mol. The summed E-state index contributed by atoms with van der Waals surface area (Å²) in [5, 5.41) is 12.0. The average Bonchev–Trinajstić information content (AvgIpc) is 2.64. The normalized spacial score (nSPS) is 48.3. The van der Waals surface area contributed by atoms with E-state index in [9.17, 15) is 0 Å². The molecule has 2 fully saturated rings. The second kappa shape index (κ2) is 1.94. The number of piperidine rings is 1. The molecule has 3 atom stereocenters. The summed E-state index contributed by atoms with van der Waals surface area (Å²) in [6, 6.07) is 0. The summed E-state index contributed by atoms with van der Waals surface area (Å²) >= 11 is 0. The van der Waals surface area contributed by atoms with E-state index in [1.165, 1.54) is 0 Å². The van der Waals surface area contributed by atoms with Crippen molar-refractivity contribution in [1.82, 2.24) is 5.32 Å². The molecular formula is C6H11NO2.